The van der Waals surface area contributed by atoms with E-state index in [0.29, 0.717) is 13.1 Å². The average molecular weight is 291 g/mol. The maximum absolute atomic E-state index is 12.8. The van der Waals surface area contributed by atoms with Crippen molar-refractivity contribution in [2.24, 2.45) is 0 Å². The van der Waals surface area contributed by atoms with E-state index in [9.17, 15) is 13.2 Å². The van der Waals surface area contributed by atoms with E-state index < -0.39 is 11.9 Å². The van der Waals surface area contributed by atoms with Gasteiger partial charge in [0.1, 0.15) is 5.82 Å². The molecule has 1 atom stereocenters. The van der Waals surface area contributed by atoms with E-state index >= 15 is 0 Å². The molecule has 0 aliphatic rings. The number of alkyl halides is 3. The summed E-state index contributed by atoms with van der Waals surface area (Å²) in [5.74, 6) is 0.138. The van der Waals surface area contributed by atoms with Crippen LogP contribution in [0.2, 0.25) is 0 Å². The number of anilines is 2. The minimum absolute atomic E-state index is 0.0256. The summed E-state index contributed by atoms with van der Waals surface area (Å²) in [5.41, 5.74) is -0.955. The van der Waals surface area contributed by atoms with Crippen LogP contribution >= 0.6 is 0 Å². The highest BCUT2D eigenvalue weighted by molar-refractivity contribution is 5.43. The third-order valence-electron chi connectivity index (χ3n) is 2.81. The molecular formula is C12H20F3N5. The molecule has 0 saturated heterocycles. The summed E-state index contributed by atoms with van der Waals surface area (Å²) in [4.78, 5) is 9.44. The Morgan fingerprint density at radius 1 is 1.25 bits per heavy atom. The van der Waals surface area contributed by atoms with Gasteiger partial charge in [0.05, 0.1) is 0 Å². The van der Waals surface area contributed by atoms with Gasteiger partial charge in [-0.2, -0.15) is 18.2 Å². The van der Waals surface area contributed by atoms with Gasteiger partial charge in [-0.15, -0.1) is 0 Å². The zero-order valence-corrected chi connectivity index (χ0v) is 12.0. The van der Waals surface area contributed by atoms with Gasteiger partial charge in [0, 0.05) is 25.2 Å². The van der Waals surface area contributed by atoms with Gasteiger partial charge in [0.2, 0.25) is 5.95 Å². The molecule has 114 valence electrons. The van der Waals surface area contributed by atoms with Gasteiger partial charge in [-0.1, -0.05) is 0 Å². The predicted molar refractivity (Wildman–Crippen MR) is 72.8 cm³/mol. The van der Waals surface area contributed by atoms with Crippen molar-refractivity contribution in [3.8, 4) is 0 Å². The van der Waals surface area contributed by atoms with Gasteiger partial charge in [-0.05, 0) is 27.9 Å². The lowest BCUT2D eigenvalue weighted by Gasteiger charge is -2.20. The van der Waals surface area contributed by atoms with Crippen LogP contribution in [0.3, 0.4) is 0 Å². The Kier molecular flexibility index (Phi) is 5.55. The maximum Gasteiger partial charge on any atom is 0.433 e. The van der Waals surface area contributed by atoms with Crippen molar-refractivity contribution in [1.82, 2.24) is 14.9 Å². The van der Waals surface area contributed by atoms with E-state index in [2.05, 4.69) is 20.6 Å². The molecule has 1 unspecified atom stereocenters. The van der Waals surface area contributed by atoms with Crippen LogP contribution in [0.15, 0.2) is 6.07 Å². The molecule has 0 aliphatic carbocycles. The van der Waals surface area contributed by atoms with E-state index in [0.717, 1.165) is 6.07 Å². The maximum atomic E-state index is 12.8. The second-order valence-corrected chi connectivity index (χ2v) is 4.68. The SMILES string of the molecule is CCNc1nc(NCC(C)N(C)C)cc(C(F)(F)F)n1. The molecule has 0 amide bonds. The zero-order valence-electron chi connectivity index (χ0n) is 12.0. The number of hydrogen-bond donors (Lipinski definition) is 2. The lowest BCUT2D eigenvalue weighted by molar-refractivity contribution is -0.141. The highest BCUT2D eigenvalue weighted by atomic mass is 19.4. The molecule has 2 N–H and O–H groups in total. The third kappa shape index (κ3) is 4.84. The van der Waals surface area contributed by atoms with Gasteiger partial charge in [0.25, 0.3) is 0 Å². The van der Waals surface area contributed by atoms with Crippen LogP contribution in [0.5, 0.6) is 0 Å². The van der Waals surface area contributed by atoms with Gasteiger partial charge in [-0.25, -0.2) is 4.98 Å². The fourth-order valence-electron chi connectivity index (χ4n) is 1.36. The molecule has 0 aromatic carbocycles. The Morgan fingerprint density at radius 2 is 1.90 bits per heavy atom. The minimum atomic E-state index is -4.49. The second-order valence-electron chi connectivity index (χ2n) is 4.68. The number of halogens is 3. The number of hydrogen-bond acceptors (Lipinski definition) is 5. The first-order chi connectivity index (χ1) is 9.24. The van der Waals surface area contributed by atoms with E-state index in [1.807, 2.05) is 25.9 Å². The lowest BCUT2D eigenvalue weighted by Crippen LogP contribution is -2.31. The molecule has 1 rings (SSSR count). The van der Waals surface area contributed by atoms with Crippen molar-refractivity contribution in [1.29, 1.82) is 0 Å². The first-order valence-corrected chi connectivity index (χ1v) is 6.34. The Morgan fingerprint density at radius 3 is 2.40 bits per heavy atom. The van der Waals surface area contributed by atoms with Crippen molar-refractivity contribution in [3.63, 3.8) is 0 Å². The standard InChI is InChI=1S/C12H20F3N5/c1-5-16-11-18-9(12(13,14)15)6-10(19-11)17-7-8(2)20(3)4/h6,8H,5,7H2,1-4H3,(H2,16,17,18,19). The largest absolute Gasteiger partial charge is 0.433 e. The highest BCUT2D eigenvalue weighted by Gasteiger charge is 2.33. The van der Waals surface area contributed by atoms with Crippen molar-refractivity contribution in [2.75, 3.05) is 37.8 Å². The van der Waals surface area contributed by atoms with Crippen LogP contribution in [0.25, 0.3) is 0 Å². The van der Waals surface area contributed by atoms with E-state index in [-0.39, 0.29) is 17.8 Å². The van der Waals surface area contributed by atoms with Crippen LogP contribution in [0.4, 0.5) is 24.9 Å². The molecule has 1 heterocycles. The van der Waals surface area contributed by atoms with Crippen molar-refractivity contribution in [3.05, 3.63) is 11.8 Å². The van der Waals surface area contributed by atoms with E-state index in [1.165, 1.54) is 0 Å². The molecule has 8 heteroatoms. The van der Waals surface area contributed by atoms with Crippen LogP contribution in [-0.4, -0.2) is 48.1 Å². The van der Waals surface area contributed by atoms with Crippen molar-refractivity contribution >= 4 is 11.8 Å². The first kappa shape index (κ1) is 16.5. The predicted octanol–water partition coefficient (Wildman–Crippen LogP) is 2.29. The Balaban J connectivity index is 2.91. The van der Waals surface area contributed by atoms with Crippen LogP contribution in [0, 0.1) is 0 Å². The molecule has 0 spiro atoms. The van der Waals surface area contributed by atoms with Gasteiger partial charge < -0.3 is 15.5 Å². The van der Waals surface area contributed by atoms with E-state index in [4.69, 9.17) is 0 Å². The van der Waals surface area contributed by atoms with E-state index in [1.54, 1.807) is 6.92 Å². The molecule has 1 aromatic rings. The zero-order chi connectivity index (χ0) is 15.3. The van der Waals surface area contributed by atoms with Gasteiger partial charge in [0.15, 0.2) is 5.69 Å². The van der Waals surface area contributed by atoms with Crippen LogP contribution < -0.4 is 10.6 Å². The monoisotopic (exact) mass is 291 g/mol. The smallest absolute Gasteiger partial charge is 0.368 e. The quantitative estimate of drug-likeness (QED) is 0.842. The molecule has 1 aromatic heterocycles. The first-order valence-electron chi connectivity index (χ1n) is 6.34. The minimum Gasteiger partial charge on any atom is -0.368 e. The average Bonchev–Trinajstić information content (AvgIpc) is 2.35. The number of nitrogens with one attached hydrogen (secondary N) is 2. The number of nitrogens with zero attached hydrogens (tertiary/aromatic N) is 3. The summed E-state index contributed by atoms with van der Waals surface area (Å²) in [5, 5.41) is 5.60. The molecule has 0 saturated carbocycles. The molecule has 20 heavy (non-hydrogen) atoms. The number of likely N-dealkylation sites (N-methyl/N-ethyl adjacent to an activating group) is 1. The number of aromatic nitrogens is 2. The molecule has 0 bridgehead atoms. The van der Waals surface area contributed by atoms with Crippen molar-refractivity contribution in [2.45, 2.75) is 26.1 Å². The Labute approximate surface area is 116 Å². The fourth-order valence-corrected chi connectivity index (χ4v) is 1.36. The second kappa shape index (κ2) is 6.74. The summed E-state index contributed by atoms with van der Waals surface area (Å²) >= 11 is 0. The highest BCUT2D eigenvalue weighted by Crippen LogP contribution is 2.29. The summed E-state index contributed by atoms with van der Waals surface area (Å²) in [6.45, 7) is 4.68. The van der Waals surface area contributed by atoms with Gasteiger partial charge >= 0.3 is 6.18 Å². The summed E-state index contributed by atoms with van der Waals surface area (Å²) in [6.07, 6.45) is -4.49. The van der Waals surface area contributed by atoms with Crippen LogP contribution in [0.1, 0.15) is 19.5 Å². The van der Waals surface area contributed by atoms with Crippen molar-refractivity contribution < 1.29 is 13.2 Å². The van der Waals surface area contributed by atoms with Crippen LogP contribution in [-0.2, 0) is 6.18 Å². The molecule has 0 fully saturated rings. The Hall–Kier alpha value is -1.57. The third-order valence-corrected chi connectivity index (χ3v) is 2.81. The Bertz CT molecular complexity index is 434. The van der Waals surface area contributed by atoms with Gasteiger partial charge in [-0.3, -0.25) is 0 Å². The molecular weight excluding hydrogens is 271 g/mol. The molecule has 5 nitrogen and oxygen atoms in total. The molecule has 0 radical (unpaired) electrons. The summed E-state index contributed by atoms with van der Waals surface area (Å²) in [6, 6.07) is 1.09. The lowest BCUT2D eigenvalue weighted by atomic mass is 10.3. The summed E-state index contributed by atoms with van der Waals surface area (Å²) < 4.78 is 38.3. The normalized spacial score (nSPS) is 13.4. The number of rotatable bonds is 6. The molecule has 0 aliphatic heterocycles. The summed E-state index contributed by atoms with van der Waals surface area (Å²) in [7, 11) is 3.80. The fraction of sp³-hybridized carbons (Fsp3) is 0.667. The topological polar surface area (TPSA) is 53.1 Å².